The Morgan fingerprint density at radius 3 is 2.78 bits per heavy atom. The number of ether oxygens (including phenoxy) is 1. The largest absolute Gasteiger partial charge is 0.481 e. The lowest BCUT2D eigenvalue weighted by Crippen LogP contribution is -2.45. The Balaban J connectivity index is 2.45. The van der Waals surface area contributed by atoms with E-state index in [-0.39, 0.29) is 30.8 Å². The quantitative estimate of drug-likeness (QED) is 0.668. The van der Waals surface area contributed by atoms with Crippen molar-refractivity contribution < 1.29 is 19.4 Å². The van der Waals surface area contributed by atoms with E-state index >= 15 is 0 Å². The van der Waals surface area contributed by atoms with Crippen LogP contribution in [0.1, 0.15) is 19.8 Å². The summed E-state index contributed by atoms with van der Waals surface area (Å²) >= 11 is 0. The molecule has 0 radical (unpaired) electrons. The molecule has 0 aromatic heterocycles. The highest BCUT2D eigenvalue weighted by molar-refractivity contribution is 5.80. The average molecular weight is 258 g/mol. The second kappa shape index (κ2) is 7.33. The molecule has 2 N–H and O–H groups in total. The van der Waals surface area contributed by atoms with Crippen molar-refractivity contribution in [2.75, 3.05) is 33.4 Å². The van der Waals surface area contributed by atoms with Gasteiger partial charge >= 0.3 is 5.97 Å². The SMILES string of the molecule is CCCNC1COCC1C(=O)N(C)CCC(=O)O. The Bertz CT molecular complexity index is 296. The maximum absolute atomic E-state index is 12.1. The van der Waals surface area contributed by atoms with Crippen LogP contribution in [0.15, 0.2) is 0 Å². The lowest BCUT2D eigenvalue weighted by Gasteiger charge is -2.24. The van der Waals surface area contributed by atoms with Gasteiger partial charge in [-0.3, -0.25) is 9.59 Å². The van der Waals surface area contributed by atoms with Gasteiger partial charge in [-0.15, -0.1) is 0 Å². The number of rotatable bonds is 7. The summed E-state index contributed by atoms with van der Waals surface area (Å²) in [5.41, 5.74) is 0. The number of aliphatic carboxylic acids is 1. The summed E-state index contributed by atoms with van der Waals surface area (Å²) in [6, 6.07) is 0.0460. The van der Waals surface area contributed by atoms with Crippen molar-refractivity contribution >= 4 is 11.9 Å². The molecule has 6 heteroatoms. The standard InChI is InChI=1S/C12H22N2O4/c1-3-5-13-10-8-18-7-9(10)12(17)14(2)6-4-11(15)16/h9-10,13H,3-8H2,1-2H3,(H,15,16). The smallest absolute Gasteiger partial charge is 0.305 e. The third kappa shape index (κ3) is 4.27. The summed E-state index contributed by atoms with van der Waals surface area (Å²) < 4.78 is 5.34. The molecule has 1 rings (SSSR count). The van der Waals surface area contributed by atoms with Gasteiger partial charge in [0.15, 0.2) is 0 Å². The van der Waals surface area contributed by atoms with Crippen molar-refractivity contribution in [1.29, 1.82) is 0 Å². The first kappa shape index (κ1) is 14.9. The van der Waals surface area contributed by atoms with E-state index in [0.29, 0.717) is 13.2 Å². The molecule has 1 heterocycles. The third-order valence-electron chi connectivity index (χ3n) is 3.09. The van der Waals surface area contributed by atoms with Crippen LogP contribution in [-0.2, 0) is 14.3 Å². The molecule has 1 amide bonds. The van der Waals surface area contributed by atoms with Gasteiger partial charge in [0, 0.05) is 19.6 Å². The molecule has 0 saturated carbocycles. The summed E-state index contributed by atoms with van der Waals surface area (Å²) in [6.07, 6.45) is 0.981. The van der Waals surface area contributed by atoms with Crippen LogP contribution in [0.5, 0.6) is 0 Å². The minimum Gasteiger partial charge on any atom is -0.481 e. The fraction of sp³-hybridized carbons (Fsp3) is 0.833. The fourth-order valence-corrected chi connectivity index (χ4v) is 1.99. The molecule has 0 bridgehead atoms. The second-order valence-electron chi connectivity index (χ2n) is 4.61. The van der Waals surface area contributed by atoms with E-state index < -0.39 is 5.97 Å². The Morgan fingerprint density at radius 1 is 1.44 bits per heavy atom. The van der Waals surface area contributed by atoms with E-state index in [2.05, 4.69) is 12.2 Å². The summed E-state index contributed by atoms with van der Waals surface area (Å²) in [7, 11) is 1.64. The topological polar surface area (TPSA) is 78.9 Å². The third-order valence-corrected chi connectivity index (χ3v) is 3.09. The Hall–Kier alpha value is -1.14. The first-order valence-electron chi connectivity index (χ1n) is 6.34. The summed E-state index contributed by atoms with van der Waals surface area (Å²) in [5, 5.41) is 11.9. The number of hydrogen-bond donors (Lipinski definition) is 2. The van der Waals surface area contributed by atoms with Crippen molar-refractivity contribution in [3.63, 3.8) is 0 Å². The maximum Gasteiger partial charge on any atom is 0.305 e. The van der Waals surface area contributed by atoms with Gasteiger partial charge in [-0.2, -0.15) is 0 Å². The minimum atomic E-state index is -0.891. The lowest BCUT2D eigenvalue weighted by atomic mass is 10.0. The van der Waals surface area contributed by atoms with Crippen LogP contribution in [-0.4, -0.2) is 61.3 Å². The Kier molecular flexibility index (Phi) is 6.07. The molecule has 18 heavy (non-hydrogen) atoms. The van der Waals surface area contributed by atoms with Gasteiger partial charge in [-0.05, 0) is 13.0 Å². The number of carboxylic acid groups (broad SMARTS) is 1. The average Bonchev–Trinajstić information content (AvgIpc) is 2.80. The zero-order valence-corrected chi connectivity index (χ0v) is 11.0. The molecule has 1 aliphatic heterocycles. The van der Waals surface area contributed by atoms with E-state index in [1.165, 1.54) is 4.90 Å². The zero-order chi connectivity index (χ0) is 13.5. The molecule has 0 aliphatic carbocycles. The number of nitrogens with zero attached hydrogens (tertiary/aromatic N) is 1. The Labute approximate surface area is 107 Å². The van der Waals surface area contributed by atoms with E-state index in [0.717, 1.165) is 13.0 Å². The molecule has 2 atom stereocenters. The van der Waals surface area contributed by atoms with Crippen LogP contribution in [0.4, 0.5) is 0 Å². The summed E-state index contributed by atoms with van der Waals surface area (Å²) in [5.74, 6) is -1.13. The molecular formula is C12H22N2O4. The maximum atomic E-state index is 12.1. The molecule has 1 fully saturated rings. The molecular weight excluding hydrogens is 236 g/mol. The van der Waals surface area contributed by atoms with Crippen molar-refractivity contribution in [3.8, 4) is 0 Å². The van der Waals surface area contributed by atoms with Crippen LogP contribution in [0, 0.1) is 5.92 Å². The number of amides is 1. The van der Waals surface area contributed by atoms with Crippen LogP contribution in [0.3, 0.4) is 0 Å². The van der Waals surface area contributed by atoms with E-state index in [4.69, 9.17) is 9.84 Å². The summed E-state index contributed by atoms with van der Waals surface area (Å²) in [6.45, 7) is 4.13. The molecule has 104 valence electrons. The molecule has 0 aromatic rings. The number of carboxylic acids is 1. The van der Waals surface area contributed by atoms with Gasteiger partial charge in [-0.1, -0.05) is 6.92 Å². The molecule has 0 spiro atoms. The monoisotopic (exact) mass is 258 g/mol. The normalized spacial score (nSPS) is 23.0. The fourth-order valence-electron chi connectivity index (χ4n) is 1.99. The van der Waals surface area contributed by atoms with Gasteiger partial charge in [0.1, 0.15) is 0 Å². The van der Waals surface area contributed by atoms with Crippen molar-refractivity contribution in [3.05, 3.63) is 0 Å². The van der Waals surface area contributed by atoms with E-state index in [1.807, 2.05) is 0 Å². The van der Waals surface area contributed by atoms with Crippen molar-refractivity contribution in [2.45, 2.75) is 25.8 Å². The molecule has 1 aliphatic rings. The zero-order valence-electron chi connectivity index (χ0n) is 11.0. The predicted molar refractivity (Wildman–Crippen MR) is 66.3 cm³/mol. The van der Waals surface area contributed by atoms with Crippen molar-refractivity contribution in [1.82, 2.24) is 10.2 Å². The van der Waals surface area contributed by atoms with Gasteiger partial charge in [0.25, 0.3) is 0 Å². The van der Waals surface area contributed by atoms with Crippen LogP contribution in [0.25, 0.3) is 0 Å². The van der Waals surface area contributed by atoms with Crippen LogP contribution < -0.4 is 5.32 Å². The second-order valence-corrected chi connectivity index (χ2v) is 4.61. The van der Waals surface area contributed by atoms with Gasteiger partial charge in [0.05, 0.1) is 25.6 Å². The predicted octanol–water partition coefficient (Wildman–Crippen LogP) is -0.0659. The van der Waals surface area contributed by atoms with Gasteiger partial charge in [0.2, 0.25) is 5.91 Å². The van der Waals surface area contributed by atoms with E-state index in [9.17, 15) is 9.59 Å². The number of carbonyl (C=O) groups is 2. The highest BCUT2D eigenvalue weighted by Gasteiger charge is 2.35. The van der Waals surface area contributed by atoms with Crippen LogP contribution >= 0.6 is 0 Å². The first-order valence-corrected chi connectivity index (χ1v) is 6.34. The van der Waals surface area contributed by atoms with Gasteiger partial charge < -0.3 is 20.1 Å². The minimum absolute atomic E-state index is 0.0249. The van der Waals surface area contributed by atoms with Crippen molar-refractivity contribution in [2.24, 2.45) is 5.92 Å². The molecule has 1 saturated heterocycles. The molecule has 2 unspecified atom stereocenters. The highest BCUT2D eigenvalue weighted by Crippen LogP contribution is 2.16. The highest BCUT2D eigenvalue weighted by atomic mass is 16.5. The molecule has 0 aromatic carbocycles. The lowest BCUT2D eigenvalue weighted by molar-refractivity contribution is -0.139. The van der Waals surface area contributed by atoms with Crippen LogP contribution in [0.2, 0.25) is 0 Å². The summed E-state index contributed by atoms with van der Waals surface area (Å²) in [4.78, 5) is 24.1. The molecule has 6 nitrogen and oxygen atoms in total. The number of nitrogens with one attached hydrogen (secondary N) is 1. The van der Waals surface area contributed by atoms with E-state index in [1.54, 1.807) is 7.05 Å². The number of hydrogen-bond acceptors (Lipinski definition) is 4. The number of carbonyl (C=O) groups excluding carboxylic acids is 1. The Morgan fingerprint density at radius 2 is 2.17 bits per heavy atom. The van der Waals surface area contributed by atoms with Gasteiger partial charge in [-0.25, -0.2) is 0 Å². The first-order chi connectivity index (χ1) is 8.56.